The summed E-state index contributed by atoms with van der Waals surface area (Å²) in [6.07, 6.45) is 1.89. The largest absolute Gasteiger partial charge is 0.383 e. The van der Waals surface area contributed by atoms with Gasteiger partial charge in [0.25, 0.3) is 11.8 Å². The zero-order valence-corrected chi connectivity index (χ0v) is 14.7. The number of aromatic nitrogens is 3. The molecule has 3 heterocycles. The predicted molar refractivity (Wildman–Crippen MR) is 91.4 cm³/mol. The summed E-state index contributed by atoms with van der Waals surface area (Å²) in [5, 5.41) is 7.11. The number of hydrogen-bond acceptors (Lipinski definition) is 4. The molecule has 1 N–H and O–H groups in total. The SMILES string of the molecule is COCCN1C(=O)c2cccn2CC1CNC(=O)c1cc(C)nn1C. The maximum atomic E-state index is 12.7. The van der Waals surface area contributed by atoms with E-state index in [1.807, 2.05) is 29.8 Å². The van der Waals surface area contributed by atoms with Crippen LogP contribution in [0.2, 0.25) is 0 Å². The highest BCUT2D eigenvalue weighted by Crippen LogP contribution is 2.18. The molecular formula is C17H23N5O3. The van der Waals surface area contributed by atoms with Crippen molar-refractivity contribution in [2.45, 2.75) is 19.5 Å². The van der Waals surface area contributed by atoms with Crippen LogP contribution in [0.4, 0.5) is 0 Å². The Kier molecular flexibility index (Phi) is 4.89. The van der Waals surface area contributed by atoms with Gasteiger partial charge in [-0.25, -0.2) is 0 Å². The summed E-state index contributed by atoms with van der Waals surface area (Å²) in [6.45, 7) is 3.80. The standard InChI is InChI=1S/C17H23N5O3/c1-12-9-15(20(2)19-12)16(23)18-10-13-11-21-6-4-5-14(21)17(24)22(13)7-8-25-3/h4-6,9,13H,7-8,10-11H2,1-3H3,(H,18,23). The molecule has 8 nitrogen and oxygen atoms in total. The van der Waals surface area contributed by atoms with Gasteiger partial charge in [0.2, 0.25) is 0 Å². The fourth-order valence-electron chi connectivity index (χ4n) is 3.18. The smallest absolute Gasteiger partial charge is 0.270 e. The molecule has 0 aromatic carbocycles. The number of carbonyl (C=O) groups excluding carboxylic acids is 2. The van der Waals surface area contributed by atoms with E-state index >= 15 is 0 Å². The number of carbonyl (C=O) groups is 2. The molecule has 134 valence electrons. The van der Waals surface area contributed by atoms with Crippen LogP contribution in [0.5, 0.6) is 0 Å². The molecule has 2 aromatic heterocycles. The van der Waals surface area contributed by atoms with E-state index in [4.69, 9.17) is 4.74 Å². The van der Waals surface area contributed by atoms with Crippen LogP contribution in [-0.4, -0.2) is 63.9 Å². The molecule has 2 aromatic rings. The van der Waals surface area contributed by atoms with Gasteiger partial charge in [0.05, 0.1) is 18.3 Å². The molecule has 1 atom stereocenters. The van der Waals surface area contributed by atoms with Crippen LogP contribution >= 0.6 is 0 Å². The average molecular weight is 345 g/mol. The molecule has 1 aliphatic heterocycles. The highest BCUT2D eigenvalue weighted by Gasteiger charge is 2.32. The third-order valence-electron chi connectivity index (χ3n) is 4.43. The lowest BCUT2D eigenvalue weighted by Gasteiger charge is -2.36. The van der Waals surface area contributed by atoms with Crippen molar-refractivity contribution in [3.63, 3.8) is 0 Å². The third kappa shape index (κ3) is 3.43. The lowest BCUT2D eigenvalue weighted by molar-refractivity contribution is 0.0503. The highest BCUT2D eigenvalue weighted by atomic mass is 16.5. The van der Waals surface area contributed by atoms with Crippen LogP contribution in [0.25, 0.3) is 0 Å². The zero-order valence-electron chi connectivity index (χ0n) is 14.7. The van der Waals surface area contributed by atoms with Crippen molar-refractivity contribution < 1.29 is 14.3 Å². The monoisotopic (exact) mass is 345 g/mol. The number of fused-ring (bicyclic) bond motifs is 1. The molecule has 0 saturated heterocycles. The molecule has 0 spiro atoms. The van der Waals surface area contributed by atoms with Crippen LogP contribution in [0.15, 0.2) is 24.4 Å². The first-order chi connectivity index (χ1) is 12.0. The number of nitrogens with zero attached hydrogens (tertiary/aromatic N) is 4. The number of hydrogen-bond donors (Lipinski definition) is 1. The zero-order chi connectivity index (χ0) is 18.0. The van der Waals surface area contributed by atoms with E-state index in [1.165, 1.54) is 0 Å². The molecule has 3 rings (SSSR count). The lowest BCUT2D eigenvalue weighted by Crippen LogP contribution is -2.53. The Morgan fingerprint density at radius 3 is 2.96 bits per heavy atom. The van der Waals surface area contributed by atoms with Gasteiger partial charge in [-0.15, -0.1) is 0 Å². The minimum atomic E-state index is -0.194. The fraction of sp³-hybridized carbons (Fsp3) is 0.471. The van der Waals surface area contributed by atoms with E-state index in [2.05, 4.69) is 10.4 Å². The summed E-state index contributed by atoms with van der Waals surface area (Å²) in [6, 6.07) is 5.30. The Morgan fingerprint density at radius 1 is 1.48 bits per heavy atom. The second-order valence-corrected chi connectivity index (χ2v) is 6.20. The van der Waals surface area contributed by atoms with Gasteiger partial charge >= 0.3 is 0 Å². The minimum absolute atomic E-state index is 0.0380. The van der Waals surface area contributed by atoms with Gasteiger partial charge in [0.15, 0.2) is 0 Å². The number of amides is 2. The first-order valence-corrected chi connectivity index (χ1v) is 8.25. The van der Waals surface area contributed by atoms with Gasteiger partial charge in [0, 0.05) is 40.0 Å². The Morgan fingerprint density at radius 2 is 2.28 bits per heavy atom. The van der Waals surface area contributed by atoms with Crippen LogP contribution < -0.4 is 5.32 Å². The third-order valence-corrected chi connectivity index (χ3v) is 4.43. The molecule has 0 saturated carbocycles. The van der Waals surface area contributed by atoms with E-state index in [1.54, 1.807) is 29.8 Å². The molecule has 0 radical (unpaired) electrons. The van der Waals surface area contributed by atoms with Gasteiger partial charge < -0.3 is 19.5 Å². The number of ether oxygens (including phenoxy) is 1. The van der Waals surface area contributed by atoms with Crippen LogP contribution in [-0.2, 0) is 18.3 Å². The topological polar surface area (TPSA) is 81.4 Å². The summed E-state index contributed by atoms with van der Waals surface area (Å²) in [7, 11) is 3.35. The Labute approximate surface area is 146 Å². The van der Waals surface area contributed by atoms with E-state index in [9.17, 15) is 9.59 Å². The quantitative estimate of drug-likeness (QED) is 0.823. The second kappa shape index (κ2) is 7.10. The van der Waals surface area contributed by atoms with Crippen molar-refractivity contribution >= 4 is 11.8 Å². The van der Waals surface area contributed by atoms with Crippen LogP contribution in [0, 0.1) is 6.92 Å². The molecular weight excluding hydrogens is 322 g/mol. The molecule has 1 aliphatic rings. The average Bonchev–Trinajstić information content (AvgIpc) is 3.18. The summed E-state index contributed by atoms with van der Waals surface area (Å²) < 4.78 is 8.61. The van der Waals surface area contributed by atoms with Crippen molar-refractivity contribution in [2.75, 3.05) is 26.8 Å². The first kappa shape index (κ1) is 17.2. The maximum Gasteiger partial charge on any atom is 0.270 e. The van der Waals surface area contributed by atoms with Crippen LogP contribution in [0.3, 0.4) is 0 Å². The summed E-state index contributed by atoms with van der Waals surface area (Å²) in [5.74, 6) is -0.232. The van der Waals surface area contributed by atoms with Crippen LogP contribution in [0.1, 0.15) is 26.7 Å². The fourth-order valence-corrected chi connectivity index (χ4v) is 3.18. The molecule has 0 aliphatic carbocycles. The summed E-state index contributed by atoms with van der Waals surface area (Å²) in [4.78, 5) is 26.9. The Hall–Kier alpha value is -2.61. The first-order valence-electron chi connectivity index (χ1n) is 8.25. The Balaban J connectivity index is 1.72. The highest BCUT2D eigenvalue weighted by molar-refractivity contribution is 5.94. The van der Waals surface area contributed by atoms with Crippen molar-refractivity contribution in [1.82, 2.24) is 24.6 Å². The second-order valence-electron chi connectivity index (χ2n) is 6.20. The van der Waals surface area contributed by atoms with E-state index in [-0.39, 0.29) is 17.9 Å². The van der Waals surface area contributed by atoms with Crippen molar-refractivity contribution in [3.05, 3.63) is 41.5 Å². The number of rotatable bonds is 6. The summed E-state index contributed by atoms with van der Waals surface area (Å²) in [5.41, 5.74) is 1.96. The minimum Gasteiger partial charge on any atom is -0.383 e. The normalized spacial score (nSPS) is 16.8. The molecule has 0 fully saturated rings. The number of methoxy groups -OCH3 is 1. The van der Waals surface area contributed by atoms with Crippen molar-refractivity contribution in [2.24, 2.45) is 7.05 Å². The van der Waals surface area contributed by atoms with Crippen molar-refractivity contribution in [1.29, 1.82) is 0 Å². The maximum absolute atomic E-state index is 12.7. The lowest BCUT2D eigenvalue weighted by atomic mass is 10.1. The van der Waals surface area contributed by atoms with E-state index in [0.717, 1.165) is 5.69 Å². The molecule has 25 heavy (non-hydrogen) atoms. The number of aryl methyl sites for hydroxylation is 2. The molecule has 8 heteroatoms. The van der Waals surface area contributed by atoms with E-state index < -0.39 is 0 Å². The van der Waals surface area contributed by atoms with Gasteiger partial charge in [-0.1, -0.05) is 0 Å². The predicted octanol–water partition coefficient (Wildman–Crippen LogP) is 0.431. The van der Waals surface area contributed by atoms with Gasteiger partial charge in [-0.2, -0.15) is 5.10 Å². The van der Waals surface area contributed by atoms with Crippen molar-refractivity contribution in [3.8, 4) is 0 Å². The molecule has 1 unspecified atom stereocenters. The Bertz CT molecular complexity index is 779. The summed E-state index contributed by atoms with van der Waals surface area (Å²) >= 11 is 0. The van der Waals surface area contributed by atoms with E-state index in [0.29, 0.717) is 37.6 Å². The molecule has 0 bridgehead atoms. The van der Waals surface area contributed by atoms with Gasteiger partial charge in [-0.3, -0.25) is 14.3 Å². The van der Waals surface area contributed by atoms with Gasteiger partial charge in [-0.05, 0) is 25.1 Å². The molecule has 2 amide bonds. The number of nitrogens with one attached hydrogen (secondary N) is 1. The van der Waals surface area contributed by atoms with Gasteiger partial charge in [0.1, 0.15) is 11.4 Å².